The van der Waals surface area contributed by atoms with E-state index in [1.54, 1.807) is 6.20 Å². The van der Waals surface area contributed by atoms with Crippen molar-refractivity contribution in [3.8, 4) is 0 Å². The van der Waals surface area contributed by atoms with Crippen molar-refractivity contribution < 1.29 is 19.4 Å². The number of aliphatic hydroxyl groups is 1. The van der Waals surface area contributed by atoms with Gasteiger partial charge in [-0.2, -0.15) is 0 Å². The second-order valence-electron chi connectivity index (χ2n) is 3.39. The maximum absolute atomic E-state index is 11.4. The molecule has 0 spiro atoms. The predicted molar refractivity (Wildman–Crippen MR) is 59.1 cm³/mol. The molecule has 0 aliphatic rings. The molecule has 0 saturated heterocycles. The normalized spacial score (nSPS) is 12.4. The first kappa shape index (κ1) is 13.6. The third kappa shape index (κ3) is 5.43. The fourth-order valence-corrected chi connectivity index (χ4v) is 1.19. The zero-order chi connectivity index (χ0) is 12.5. The molecule has 4 N–H and O–H groups in total. The Morgan fingerprint density at radius 1 is 1.53 bits per heavy atom. The van der Waals surface area contributed by atoms with E-state index < -0.39 is 12.0 Å². The van der Waals surface area contributed by atoms with Crippen LogP contribution in [0, 0.1) is 0 Å². The molecule has 0 fully saturated rings. The quantitative estimate of drug-likeness (QED) is 0.392. The van der Waals surface area contributed by atoms with Gasteiger partial charge in [0.1, 0.15) is 12.6 Å². The number of hydrogen-bond donors (Lipinski definition) is 3. The van der Waals surface area contributed by atoms with Crippen LogP contribution in [0.15, 0.2) is 12.5 Å². The second-order valence-corrected chi connectivity index (χ2v) is 3.39. The van der Waals surface area contributed by atoms with Crippen LogP contribution in [0.1, 0.15) is 5.69 Å². The zero-order valence-electron chi connectivity index (χ0n) is 9.46. The molecule has 0 radical (unpaired) electrons. The number of rotatable bonds is 8. The first-order valence-corrected chi connectivity index (χ1v) is 5.32. The number of hydrogen-bond acceptors (Lipinski definition) is 6. The molecule has 1 heterocycles. The lowest BCUT2D eigenvalue weighted by Gasteiger charge is -2.10. The minimum Gasteiger partial charge on any atom is -0.462 e. The van der Waals surface area contributed by atoms with Crippen LogP contribution in [-0.4, -0.2) is 53.5 Å². The third-order valence-electron chi connectivity index (χ3n) is 2.01. The summed E-state index contributed by atoms with van der Waals surface area (Å²) in [7, 11) is 0. The standard InChI is InChI=1S/C10H17N3O4/c11-9(5-8-6-12-7-13-8)10(15)17-4-3-16-2-1-14/h6-7,9,14H,1-5,11H2,(H,12,13)/t9-/m0/s1. The first-order valence-electron chi connectivity index (χ1n) is 5.32. The zero-order valence-corrected chi connectivity index (χ0v) is 9.46. The average Bonchev–Trinajstić information content (AvgIpc) is 2.81. The van der Waals surface area contributed by atoms with Crippen molar-refractivity contribution in [1.82, 2.24) is 9.97 Å². The molecule has 1 aromatic heterocycles. The Hall–Kier alpha value is -1.44. The molecule has 0 saturated carbocycles. The van der Waals surface area contributed by atoms with Crippen molar-refractivity contribution in [2.45, 2.75) is 12.5 Å². The van der Waals surface area contributed by atoms with Crippen molar-refractivity contribution in [2.75, 3.05) is 26.4 Å². The number of aromatic amines is 1. The Kier molecular flexibility index (Phi) is 6.23. The van der Waals surface area contributed by atoms with E-state index in [4.69, 9.17) is 20.3 Å². The summed E-state index contributed by atoms with van der Waals surface area (Å²) in [6.07, 6.45) is 3.49. The van der Waals surface area contributed by atoms with Crippen molar-refractivity contribution >= 4 is 5.97 Å². The molecule has 0 unspecified atom stereocenters. The van der Waals surface area contributed by atoms with Gasteiger partial charge < -0.3 is 25.3 Å². The Morgan fingerprint density at radius 3 is 3.00 bits per heavy atom. The van der Waals surface area contributed by atoms with Crippen LogP contribution in [0.2, 0.25) is 0 Å². The highest BCUT2D eigenvalue weighted by atomic mass is 16.6. The van der Waals surface area contributed by atoms with Crippen LogP contribution in [-0.2, 0) is 20.7 Å². The lowest BCUT2D eigenvalue weighted by Crippen LogP contribution is -2.35. The lowest BCUT2D eigenvalue weighted by molar-refractivity contribution is -0.146. The fourth-order valence-electron chi connectivity index (χ4n) is 1.19. The number of nitrogens with two attached hydrogens (primary N) is 1. The average molecular weight is 243 g/mol. The Labute approximate surface area is 98.9 Å². The number of carbonyl (C=O) groups excluding carboxylic acids is 1. The molecular weight excluding hydrogens is 226 g/mol. The maximum atomic E-state index is 11.4. The SMILES string of the molecule is N[C@@H](Cc1cnc[nH]1)C(=O)OCCOCCO. The molecule has 0 amide bonds. The van der Waals surface area contributed by atoms with Crippen LogP contribution in [0.3, 0.4) is 0 Å². The summed E-state index contributed by atoms with van der Waals surface area (Å²) in [5.74, 6) is -0.479. The molecule has 7 heteroatoms. The van der Waals surface area contributed by atoms with Crippen LogP contribution in [0.5, 0.6) is 0 Å². The summed E-state index contributed by atoms with van der Waals surface area (Å²) < 4.78 is 9.83. The fraction of sp³-hybridized carbons (Fsp3) is 0.600. The number of aromatic nitrogens is 2. The highest BCUT2D eigenvalue weighted by Gasteiger charge is 2.15. The highest BCUT2D eigenvalue weighted by Crippen LogP contribution is 1.98. The molecule has 0 aromatic carbocycles. The number of ether oxygens (including phenoxy) is 2. The van der Waals surface area contributed by atoms with Gasteiger partial charge in [0.15, 0.2) is 0 Å². The molecule has 0 aliphatic carbocycles. The first-order chi connectivity index (χ1) is 8.24. The van der Waals surface area contributed by atoms with E-state index in [1.807, 2.05) is 0 Å². The molecule has 0 aliphatic heterocycles. The number of nitrogens with one attached hydrogen (secondary N) is 1. The Morgan fingerprint density at radius 2 is 2.35 bits per heavy atom. The van der Waals surface area contributed by atoms with Crippen molar-refractivity contribution in [3.05, 3.63) is 18.2 Å². The van der Waals surface area contributed by atoms with Gasteiger partial charge in [-0.3, -0.25) is 4.79 Å². The highest BCUT2D eigenvalue weighted by molar-refractivity contribution is 5.75. The number of aliphatic hydroxyl groups excluding tert-OH is 1. The molecule has 0 bridgehead atoms. The van der Waals surface area contributed by atoms with E-state index in [9.17, 15) is 4.79 Å². The number of H-pyrrole nitrogens is 1. The Bertz CT molecular complexity index is 315. The van der Waals surface area contributed by atoms with E-state index >= 15 is 0 Å². The third-order valence-corrected chi connectivity index (χ3v) is 2.01. The van der Waals surface area contributed by atoms with Gasteiger partial charge in [0.05, 0.1) is 26.1 Å². The number of carbonyl (C=O) groups is 1. The summed E-state index contributed by atoms with van der Waals surface area (Å²) in [6.45, 7) is 0.573. The van der Waals surface area contributed by atoms with Crippen molar-refractivity contribution in [1.29, 1.82) is 0 Å². The summed E-state index contributed by atoms with van der Waals surface area (Å²) in [5.41, 5.74) is 6.43. The van der Waals surface area contributed by atoms with Crippen LogP contribution >= 0.6 is 0 Å². The van der Waals surface area contributed by atoms with E-state index in [2.05, 4.69) is 9.97 Å². The summed E-state index contributed by atoms with van der Waals surface area (Å²) in [4.78, 5) is 18.1. The summed E-state index contributed by atoms with van der Waals surface area (Å²) in [5, 5.41) is 8.44. The Balaban J connectivity index is 2.14. The molecule has 1 atom stereocenters. The number of esters is 1. The summed E-state index contributed by atoms with van der Waals surface area (Å²) in [6, 6.07) is -0.715. The van der Waals surface area contributed by atoms with Gasteiger partial charge in [-0.15, -0.1) is 0 Å². The molecule has 7 nitrogen and oxygen atoms in total. The van der Waals surface area contributed by atoms with Gasteiger partial charge in [0.25, 0.3) is 0 Å². The minimum atomic E-state index is -0.715. The predicted octanol–water partition coefficient (Wildman–Crippen LogP) is -1.17. The van der Waals surface area contributed by atoms with Gasteiger partial charge in [0, 0.05) is 18.3 Å². The molecular formula is C10H17N3O4. The minimum absolute atomic E-state index is 0.0483. The van der Waals surface area contributed by atoms with E-state index in [0.717, 1.165) is 5.69 Å². The molecule has 17 heavy (non-hydrogen) atoms. The van der Waals surface area contributed by atoms with Crippen molar-refractivity contribution in [2.24, 2.45) is 5.73 Å². The molecule has 1 aromatic rings. The van der Waals surface area contributed by atoms with E-state index in [1.165, 1.54) is 6.33 Å². The van der Waals surface area contributed by atoms with Gasteiger partial charge >= 0.3 is 5.97 Å². The maximum Gasteiger partial charge on any atom is 0.323 e. The molecule has 1 rings (SSSR count). The van der Waals surface area contributed by atoms with E-state index in [0.29, 0.717) is 6.42 Å². The topological polar surface area (TPSA) is 110 Å². The van der Waals surface area contributed by atoms with Gasteiger partial charge in [-0.1, -0.05) is 0 Å². The molecule has 96 valence electrons. The van der Waals surface area contributed by atoms with Gasteiger partial charge in [-0.25, -0.2) is 4.98 Å². The van der Waals surface area contributed by atoms with Crippen LogP contribution < -0.4 is 5.73 Å². The smallest absolute Gasteiger partial charge is 0.323 e. The van der Waals surface area contributed by atoms with Crippen LogP contribution in [0.4, 0.5) is 0 Å². The largest absolute Gasteiger partial charge is 0.462 e. The number of nitrogens with zero attached hydrogens (tertiary/aromatic N) is 1. The summed E-state index contributed by atoms with van der Waals surface area (Å²) >= 11 is 0. The van der Waals surface area contributed by atoms with Gasteiger partial charge in [0.2, 0.25) is 0 Å². The second kappa shape index (κ2) is 7.77. The van der Waals surface area contributed by atoms with E-state index in [-0.39, 0.29) is 26.4 Å². The van der Waals surface area contributed by atoms with Gasteiger partial charge in [-0.05, 0) is 0 Å². The van der Waals surface area contributed by atoms with Crippen LogP contribution in [0.25, 0.3) is 0 Å². The lowest BCUT2D eigenvalue weighted by atomic mass is 10.2. The van der Waals surface area contributed by atoms with Crippen molar-refractivity contribution in [3.63, 3.8) is 0 Å². The monoisotopic (exact) mass is 243 g/mol. The number of imidazole rings is 1.